The van der Waals surface area contributed by atoms with E-state index in [4.69, 9.17) is 0 Å². The Labute approximate surface area is 58.2 Å². The van der Waals surface area contributed by atoms with E-state index in [0.29, 0.717) is 0 Å². The van der Waals surface area contributed by atoms with Crippen molar-refractivity contribution in [1.29, 1.82) is 0 Å². The third kappa shape index (κ3) is 7.67. The molecule has 0 aliphatic heterocycles. The summed E-state index contributed by atoms with van der Waals surface area (Å²) in [5.74, 6) is 0. The highest BCUT2D eigenvalue weighted by Gasteiger charge is 2.03. The van der Waals surface area contributed by atoms with E-state index in [1.54, 1.807) is 0 Å². The molecule has 0 aliphatic carbocycles. The van der Waals surface area contributed by atoms with Crippen LogP contribution < -0.4 is 0 Å². The molecule has 0 heterocycles. The Kier molecular flexibility index (Phi) is 3.52. The van der Waals surface area contributed by atoms with Gasteiger partial charge in [-0.1, -0.05) is 27.7 Å². The highest BCUT2D eigenvalue weighted by atomic mass is 14.7. The van der Waals surface area contributed by atoms with Crippen LogP contribution in [-0.4, -0.2) is 12.8 Å². The van der Waals surface area contributed by atoms with Crippen LogP contribution in [0.3, 0.4) is 0 Å². The highest BCUT2D eigenvalue weighted by molar-refractivity contribution is 5.63. The summed E-state index contributed by atoms with van der Waals surface area (Å²) in [6.07, 6.45) is 3.17. The lowest BCUT2D eigenvalue weighted by Crippen LogP contribution is -2.06. The van der Waals surface area contributed by atoms with Crippen LogP contribution in [0.5, 0.6) is 0 Å². The molecule has 0 radical (unpaired) electrons. The molecule has 0 unspecified atom stereocenters. The van der Waals surface area contributed by atoms with Gasteiger partial charge in [-0.2, -0.15) is 0 Å². The zero-order valence-corrected chi connectivity index (χ0v) is 6.94. The van der Waals surface area contributed by atoms with Gasteiger partial charge in [-0.3, -0.25) is 4.99 Å². The molecule has 1 heteroatoms. The second kappa shape index (κ2) is 3.65. The van der Waals surface area contributed by atoms with Crippen LogP contribution in [0.15, 0.2) is 4.99 Å². The van der Waals surface area contributed by atoms with Crippen molar-refractivity contribution in [3.05, 3.63) is 0 Å². The number of rotatable bonds is 2. The van der Waals surface area contributed by atoms with Gasteiger partial charge in [0.2, 0.25) is 0 Å². The van der Waals surface area contributed by atoms with Crippen LogP contribution in [0.1, 0.15) is 34.1 Å². The Balaban J connectivity index is 3.45. The van der Waals surface area contributed by atoms with Crippen molar-refractivity contribution < 1.29 is 0 Å². The average molecular weight is 127 g/mol. The van der Waals surface area contributed by atoms with Crippen molar-refractivity contribution in [1.82, 2.24) is 0 Å². The van der Waals surface area contributed by atoms with Crippen molar-refractivity contribution in [2.24, 2.45) is 10.4 Å². The fourth-order valence-corrected chi connectivity index (χ4v) is 0.468. The molecule has 0 amide bonds. The molecular formula is C8H17N. The third-order valence-corrected chi connectivity index (χ3v) is 0.831. The summed E-state index contributed by atoms with van der Waals surface area (Å²) in [4.78, 5) is 4.24. The Morgan fingerprint density at radius 2 is 1.89 bits per heavy atom. The van der Waals surface area contributed by atoms with E-state index in [9.17, 15) is 0 Å². The molecule has 0 aromatic rings. The van der Waals surface area contributed by atoms with Crippen LogP contribution in [-0.2, 0) is 0 Å². The largest absolute Gasteiger partial charge is 0.297 e. The molecule has 0 spiro atoms. The van der Waals surface area contributed by atoms with E-state index >= 15 is 0 Å². The summed E-state index contributed by atoms with van der Waals surface area (Å²) in [7, 11) is 0. The summed E-state index contributed by atoms with van der Waals surface area (Å²) >= 11 is 0. The molecule has 0 fully saturated rings. The van der Waals surface area contributed by atoms with Gasteiger partial charge in [-0.25, -0.2) is 0 Å². The summed E-state index contributed by atoms with van der Waals surface area (Å²) in [5, 5.41) is 0. The SMILES string of the molecule is CCC/N=C/C(C)(C)C. The topological polar surface area (TPSA) is 12.4 Å². The van der Waals surface area contributed by atoms with E-state index in [-0.39, 0.29) is 5.41 Å². The lowest BCUT2D eigenvalue weighted by atomic mass is 9.99. The predicted octanol–water partition coefficient (Wildman–Crippen LogP) is 2.51. The summed E-state index contributed by atoms with van der Waals surface area (Å²) in [5.41, 5.74) is 0.259. The van der Waals surface area contributed by atoms with Gasteiger partial charge in [0.1, 0.15) is 0 Å². The maximum Gasteiger partial charge on any atom is 0.0383 e. The van der Waals surface area contributed by atoms with Crippen LogP contribution in [0.2, 0.25) is 0 Å². The maximum absolute atomic E-state index is 4.24. The number of hydrogen-bond acceptors (Lipinski definition) is 1. The smallest absolute Gasteiger partial charge is 0.0383 e. The van der Waals surface area contributed by atoms with E-state index in [1.165, 1.54) is 0 Å². The monoisotopic (exact) mass is 127 g/mol. The molecule has 54 valence electrons. The number of nitrogens with zero attached hydrogens (tertiary/aromatic N) is 1. The van der Waals surface area contributed by atoms with Gasteiger partial charge < -0.3 is 0 Å². The minimum atomic E-state index is 0.259. The van der Waals surface area contributed by atoms with E-state index in [0.717, 1.165) is 13.0 Å². The van der Waals surface area contributed by atoms with Crippen LogP contribution in [0.4, 0.5) is 0 Å². The molecule has 0 rings (SSSR count). The number of hydrogen-bond donors (Lipinski definition) is 0. The first kappa shape index (κ1) is 8.67. The lowest BCUT2D eigenvalue weighted by molar-refractivity contribution is 0.603. The van der Waals surface area contributed by atoms with Gasteiger partial charge in [0.25, 0.3) is 0 Å². The number of aliphatic imine (C=N–C) groups is 1. The first-order valence-corrected chi connectivity index (χ1v) is 3.57. The molecular weight excluding hydrogens is 110 g/mol. The summed E-state index contributed by atoms with van der Waals surface area (Å²) < 4.78 is 0. The fraction of sp³-hybridized carbons (Fsp3) is 0.875. The second-order valence-electron chi connectivity index (χ2n) is 3.40. The Morgan fingerprint density at radius 1 is 1.33 bits per heavy atom. The van der Waals surface area contributed by atoms with E-state index in [2.05, 4.69) is 32.7 Å². The maximum atomic E-state index is 4.24. The van der Waals surface area contributed by atoms with Crippen LogP contribution in [0, 0.1) is 5.41 Å². The van der Waals surface area contributed by atoms with Gasteiger partial charge in [-0.15, -0.1) is 0 Å². The minimum Gasteiger partial charge on any atom is -0.297 e. The Hall–Kier alpha value is -0.330. The highest BCUT2D eigenvalue weighted by Crippen LogP contribution is 2.07. The minimum absolute atomic E-state index is 0.259. The molecule has 9 heavy (non-hydrogen) atoms. The van der Waals surface area contributed by atoms with Gasteiger partial charge in [-0.05, 0) is 11.8 Å². The van der Waals surface area contributed by atoms with E-state index in [1.807, 2.05) is 6.21 Å². The molecule has 0 N–H and O–H groups in total. The van der Waals surface area contributed by atoms with Crippen LogP contribution in [0.25, 0.3) is 0 Å². The van der Waals surface area contributed by atoms with Gasteiger partial charge >= 0.3 is 0 Å². The first-order chi connectivity index (χ1) is 4.06. The molecule has 0 bridgehead atoms. The van der Waals surface area contributed by atoms with Gasteiger partial charge in [0.05, 0.1) is 0 Å². The second-order valence-corrected chi connectivity index (χ2v) is 3.40. The molecule has 0 atom stereocenters. The Morgan fingerprint density at radius 3 is 2.22 bits per heavy atom. The van der Waals surface area contributed by atoms with Crippen molar-refractivity contribution in [2.45, 2.75) is 34.1 Å². The van der Waals surface area contributed by atoms with Crippen molar-refractivity contribution >= 4 is 6.21 Å². The fourth-order valence-electron chi connectivity index (χ4n) is 0.468. The molecule has 0 aromatic carbocycles. The quantitative estimate of drug-likeness (QED) is 0.505. The normalized spacial score (nSPS) is 12.9. The van der Waals surface area contributed by atoms with Gasteiger partial charge in [0, 0.05) is 12.8 Å². The molecule has 0 saturated carbocycles. The Bertz CT molecular complexity index is 87.2. The van der Waals surface area contributed by atoms with Crippen molar-refractivity contribution in [2.75, 3.05) is 6.54 Å². The molecule has 0 aliphatic rings. The summed E-state index contributed by atoms with van der Waals surface area (Å²) in [6.45, 7) is 9.59. The zero-order chi connectivity index (χ0) is 7.33. The van der Waals surface area contributed by atoms with Crippen molar-refractivity contribution in [3.63, 3.8) is 0 Å². The van der Waals surface area contributed by atoms with Crippen molar-refractivity contribution in [3.8, 4) is 0 Å². The standard InChI is InChI=1S/C8H17N/c1-5-6-9-7-8(2,3)4/h7H,5-6H2,1-4H3/b9-7+. The predicted molar refractivity (Wildman–Crippen MR) is 43.1 cm³/mol. The van der Waals surface area contributed by atoms with E-state index < -0.39 is 0 Å². The zero-order valence-electron chi connectivity index (χ0n) is 6.94. The van der Waals surface area contributed by atoms with Gasteiger partial charge in [0.15, 0.2) is 0 Å². The third-order valence-electron chi connectivity index (χ3n) is 0.831. The molecule has 1 nitrogen and oxygen atoms in total. The summed E-state index contributed by atoms with van der Waals surface area (Å²) in [6, 6.07) is 0. The molecule has 0 saturated heterocycles. The first-order valence-electron chi connectivity index (χ1n) is 3.57. The average Bonchev–Trinajstić information content (AvgIpc) is 1.63. The lowest BCUT2D eigenvalue weighted by Gasteiger charge is -2.09. The molecule has 0 aromatic heterocycles. The van der Waals surface area contributed by atoms with Crippen LogP contribution >= 0.6 is 0 Å².